The summed E-state index contributed by atoms with van der Waals surface area (Å²) in [5, 5.41) is 19.7. The van der Waals surface area contributed by atoms with Gasteiger partial charge in [-0.1, -0.05) is 41.2 Å². The smallest absolute Gasteiger partial charge is 0.266 e. The average Bonchev–Trinajstić information content (AvgIpc) is 2.77. The lowest BCUT2D eigenvalue weighted by Gasteiger charge is -2.23. The van der Waals surface area contributed by atoms with Crippen LogP contribution in [0.1, 0.15) is 22.4 Å². The summed E-state index contributed by atoms with van der Waals surface area (Å²) < 4.78 is 40.5. The molecule has 0 radical (unpaired) electrons. The Labute approximate surface area is 205 Å². The molecular weight excluding hydrogens is 509 g/mol. The molecule has 3 aromatic rings. The van der Waals surface area contributed by atoms with Gasteiger partial charge < -0.3 is 0 Å². The second-order valence-electron chi connectivity index (χ2n) is 7.13. The average molecular weight is 523 g/mol. The molecule has 0 N–H and O–H groups in total. The van der Waals surface area contributed by atoms with Gasteiger partial charge in [-0.25, -0.2) is 4.98 Å². The molecule has 0 spiro atoms. The lowest BCUT2D eigenvalue weighted by Crippen LogP contribution is -2.28. The molecule has 34 heavy (non-hydrogen) atoms. The van der Waals surface area contributed by atoms with Gasteiger partial charge in [0.1, 0.15) is 10.0 Å². The van der Waals surface area contributed by atoms with Crippen molar-refractivity contribution in [2.75, 3.05) is 12.1 Å². The normalized spacial score (nSPS) is 13.3. The van der Waals surface area contributed by atoms with Gasteiger partial charge >= 0.3 is 6.18 Å². The van der Waals surface area contributed by atoms with E-state index in [1.807, 2.05) is 6.07 Å². The largest absolute Gasteiger partial charge is 0.416 e. The molecule has 0 saturated carbocycles. The molecule has 0 aliphatic carbocycles. The van der Waals surface area contributed by atoms with Crippen LogP contribution in [0.5, 0.6) is 0 Å². The molecule has 3 heterocycles. The van der Waals surface area contributed by atoms with Gasteiger partial charge in [-0.3, -0.25) is 9.80 Å². The Morgan fingerprint density at radius 2 is 2.03 bits per heavy atom. The Hall–Kier alpha value is -3.01. The Morgan fingerprint density at radius 3 is 2.71 bits per heavy atom. The number of aryl methyl sites for hydroxylation is 1. The first kappa shape index (κ1) is 24.1. The molecule has 0 fully saturated rings. The highest BCUT2D eigenvalue weighted by molar-refractivity contribution is 8.38. The van der Waals surface area contributed by atoms with Crippen molar-refractivity contribution in [2.24, 2.45) is 5.10 Å². The van der Waals surface area contributed by atoms with Crippen LogP contribution in [0.2, 0.25) is 5.15 Å². The van der Waals surface area contributed by atoms with Crippen molar-refractivity contribution in [1.29, 1.82) is 5.26 Å². The highest BCUT2D eigenvalue weighted by atomic mass is 35.5. The summed E-state index contributed by atoms with van der Waals surface area (Å²) in [5.41, 5.74) is 0.724. The molecule has 4 rings (SSSR count). The molecule has 13 heteroatoms. The zero-order valence-corrected chi connectivity index (χ0v) is 20.0. The Bertz CT molecular complexity index is 1400. The Balaban J connectivity index is 1.60. The predicted molar refractivity (Wildman–Crippen MR) is 127 cm³/mol. The molecule has 0 unspecified atom stereocenters. The Kier molecular flexibility index (Phi) is 6.62. The number of halogens is 4. The topological polar surface area (TPSA) is 87.2 Å². The monoisotopic (exact) mass is 522 g/mol. The van der Waals surface area contributed by atoms with E-state index in [-0.39, 0.29) is 22.0 Å². The summed E-state index contributed by atoms with van der Waals surface area (Å²) in [6.07, 6.45) is -3.01. The molecule has 0 saturated heterocycles. The van der Waals surface area contributed by atoms with Gasteiger partial charge in [-0.2, -0.15) is 33.3 Å². The molecule has 1 aliphatic rings. The number of thioether (sulfide) groups is 2. The van der Waals surface area contributed by atoms with Crippen molar-refractivity contribution in [3.63, 3.8) is 0 Å². The number of nitrogens with zero attached hydrogens (tertiary/aromatic N) is 6. The van der Waals surface area contributed by atoms with E-state index in [0.717, 1.165) is 23.9 Å². The van der Waals surface area contributed by atoms with E-state index in [1.54, 1.807) is 20.0 Å². The van der Waals surface area contributed by atoms with Gasteiger partial charge in [-0.05, 0) is 30.7 Å². The molecule has 7 nitrogen and oxygen atoms in total. The number of aromatic nitrogens is 3. The van der Waals surface area contributed by atoms with Crippen LogP contribution >= 0.6 is 35.1 Å². The number of hydrogen-bond donors (Lipinski definition) is 0. The molecule has 174 valence electrons. The van der Waals surface area contributed by atoms with Crippen LogP contribution in [0, 0.1) is 18.3 Å². The quantitative estimate of drug-likeness (QED) is 0.435. The molecule has 0 amide bonds. The number of hydrazone groups is 1. The predicted octanol–water partition coefficient (Wildman–Crippen LogP) is 5.23. The summed E-state index contributed by atoms with van der Waals surface area (Å²) >= 11 is 8.37. The number of hydrogen-bond acceptors (Lipinski definition) is 8. The van der Waals surface area contributed by atoms with E-state index in [2.05, 4.69) is 15.2 Å². The summed E-state index contributed by atoms with van der Waals surface area (Å²) in [6, 6.07) is 8.09. The minimum atomic E-state index is -4.53. The fraction of sp³-hybridized carbons (Fsp3) is 0.190. The van der Waals surface area contributed by atoms with Crippen molar-refractivity contribution < 1.29 is 13.2 Å². The Morgan fingerprint density at radius 1 is 1.26 bits per heavy atom. The van der Waals surface area contributed by atoms with E-state index in [4.69, 9.17) is 11.6 Å². The fourth-order valence-electron chi connectivity index (χ4n) is 3.14. The van der Waals surface area contributed by atoms with Crippen LogP contribution in [-0.4, -0.2) is 26.2 Å². The summed E-state index contributed by atoms with van der Waals surface area (Å²) in [5.74, 6) is 0.203. The third kappa shape index (κ3) is 4.91. The molecule has 0 bridgehead atoms. The van der Waals surface area contributed by atoms with Crippen molar-refractivity contribution in [3.05, 3.63) is 74.4 Å². The highest BCUT2D eigenvalue weighted by Crippen LogP contribution is 2.37. The lowest BCUT2D eigenvalue weighted by molar-refractivity contribution is -0.137. The number of nitriles is 1. The fourth-order valence-corrected chi connectivity index (χ4v) is 5.56. The number of pyridine rings is 1. The van der Waals surface area contributed by atoms with Crippen molar-refractivity contribution in [3.8, 4) is 11.8 Å². The maximum absolute atomic E-state index is 13.2. The third-order valence-corrected chi connectivity index (χ3v) is 7.17. The summed E-state index contributed by atoms with van der Waals surface area (Å²) in [6.45, 7) is 1.75. The van der Waals surface area contributed by atoms with Crippen molar-refractivity contribution in [1.82, 2.24) is 14.8 Å². The lowest BCUT2D eigenvalue weighted by atomic mass is 10.1. The number of benzene rings is 1. The molecule has 1 aliphatic heterocycles. The van der Waals surface area contributed by atoms with E-state index in [0.29, 0.717) is 31.9 Å². The number of alkyl halides is 3. The van der Waals surface area contributed by atoms with Crippen LogP contribution < -0.4 is 10.6 Å². The first-order valence-corrected chi connectivity index (χ1v) is 11.7. The van der Waals surface area contributed by atoms with Crippen molar-refractivity contribution in [2.45, 2.75) is 23.7 Å². The maximum Gasteiger partial charge on any atom is 0.416 e. The van der Waals surface area contributed by atoms with Crippen LogP contribution in [-0.2, 0) is 11.9 Å². The van der Waals surface area contributed by atoms with E-state index in [1.165, 1.54) is 39.8 Å². The molecule has 2 aromatic heterocycles. The SMILES string of the molecule is Cc1cc(-n2ncc3c(c2=O)SC(SCc2ccc(C(F)(F)F)cc2C#N)=NN3C)cc(Cl)n1. The van der Waals surface area contributed by atoms with Gasteiger partial charge in [0, 0.05) is 24.6 Å². The number of anilines is 1. The number of rotatable bonds is 3. The second kappa shape index (κ2) is 9.32. The van der Waals surface area contributed by atoms with Crippen LogP contribution in [0.15, 0.2) is 51.3 Å². The molecular formula is C21H14ClF3N6OS2. The van der Waals surface area contributed by atoms with E-state index < -0.39 is 11.7 Å². The van der Waals surface area contributed by atoms with Crippen LogP contribution in [0.25, 0.3) is 5.69 Å². The molecule has 0 atom stereocenters. The van der Waals surface area contributed by atoms with Gasteiger partial charge in [0.2, 0.25) is 0 Å². The maximum atomic E-state index is 13.2. The van der Waals surface area contributed by atoms with Crippen LogP contribution in [0.4, 0.5) is 18.9 Å². The van der Waals surface area contributed by atoms with Gasteiger partial charge in [0.15, 0.2) is 4.38 Å². The number of fused-ring (bicyclic) bond motifs is 1. The minimum absolute atomic E-state index is 0.0611. The summed E-state index contributed by atoms with van der Waals surface area (Å²) in [7, 11) is 1.66. The van der Waals surface area contributed by atoms with E-state index in [9.17, 15) is 23.2 Å². The minimum Gasteiger partial charge on any atom is -0.266 e. The van der Waals surface area contributed by atoms with Gasteiger partial charge in [-0.15, -0.1) is 0 Å². The first-order chi connectivity index (χ1) is 16.1. The zero-order chi connectivity index (χ0) is 24.6. The standard InChI is InChI=1S/C21H14ClF3N6OS2/c1-11-5-15(7-17(22)28-11)31-19(32)18-16(9-27-31)30(2)29-20(34-18)33-10-12-3-4-14(21(23,24)25)6-13(12)8-26/h3-7,9H,10H2,1-2H3. The highest BCUT2D eigenvalue weighted by Gasteiger charge is 2.31. The van der Waals surface area contributed by atoms with Crippen LogP contribution in [0.3, 0.4) is 0 Å². The molecule has 1 aromatic carbocycles. The second-order valence-corrected chi connectivity index (χ2v) is 9.74. The van der Waals surface area contributed by atoms with Crippen molar-refractivity contribution >= 4 is 45.2 Å². The van der Waals surface area contributed by atoms with Gasteiger partial charge in [0.05, 0.1) is 34.8 Å². The third-order valence-electron chi connectivity index (χ3n) is 4.74. The van der Waals surface area contributed by atoms with E-state index >= 15 is 0 Å². The summed E-state index contributed by atoms with van der Waals surface area (Å²) in [4.78, 5) is 17.7. The zero-order valence-electron chi connectivity index (χ0n) is 17.6. The first-order valence-electron chi connectivity index (χ1n) is 9.57. The van der Waals surface area contributed by atoms with Gasteiger partial charge in [0.25, 0.3) is 5.56 Å².